The molecule has 0 saturated carbocycles. The molecule has 1 unspecified atom stereocenters. The van der Waals surface area contributed by atoms with Crippen molar-refractivity contribution in [1.82, 2.24) is 0 Å². The van der Waals surface area contributed by atoms with E-state index in [1.165, 1.54) is 0 Å². The van der Waals surface area contributed by atoms with Crippen molar-refractivity contribution in [3.05, 3.63) is 7.43 Å². The zero-order chi connectivity index (χ0) is 4.41. The van der Waals surface area contributed by atoms with Crippen LogP contribution in [0.15, 0.2) is 0 Å². The minimum atomic E-state index is -0.176. The maximum atomic E-state index is 8.60. The minimum Gasteiger partial charge on any atom is -0.391 e. The number of aliphatic hydroxyl groups is 1. The van der Waals surface area contributed by atoms with Crippen LogP contribution < -0.4 is 29.6 Å². The largest absolute Gasteiger partial charge is 1.00 e. The third-order valence-electron chi connectivity index (χ3n) is 0.906. The van der Waals surface area contributed by atoms with Gasteiger partial charge in [-0.3, -0.25) is 0 Å². The fourth-order valence-electron chi connectivity index (χ4n) is 0.522. The summed E-state index contributed by atoms with van der Waals surface area (Å²) >= 11 is 0. The molecule has 0 aromatic carbocycles. The van der Waals surface area contributed by atoms with Crippen LogP contribution in [0.2, 0.25) is 0 Å². The Morgan fingerprint density at radius 3 is 2.25 bits per heavy atom. The van der Waals surface area contributed by atoms with Gasteiger partial charge in [-0.2, -0.15) is 0 Å². The van der Waals surface area contributed by atoms with Crippen LogP contribution in [-0.2, 0) is 4.74 Å². The average molecular weight is 126 g/mol. The molecule has 1 fully saturated rings. The van der Waals surface area contributed by atoms with Crippen molar-refractivity contribution in [1.29, 1.82) is 0 Å². The summed E-state index contributed by atoms with van der Waals surface area (Å²) in [4.78, 5) is 0. The van der Waals surface area contributed by atoms with Gasteiger partial charge in [-0.25, -0.2) is 0 Å². The monoisotopic (exact) mass is 126 g/mol. The molecule has 0 aromatic rings. The number of ether oxygens (including phenoxy) is 1. The molecule has 44 valence electrons. The molecule has 0 radical (unpaired) electrons. The molecule has 1 saturated heterocycles. The van der Waals surface area contributed by atoms with Crippen LogP contribution in [0.3, 0.4) is 0 Å². The molecule has 3 heteroatoms. The van der Waals surface area contributed by atoms with Gasteiger partial charge in [0.2, 0.25) is 0 Å². The molecule has 1 atom stereocenters. The van der Waals surface area contributed by atoms with Crippen LogP contribution in [0.4, 0.5) is 0 Å². The van der Waals surface area contributed by atoms with Gasteiger partial charge in [0.05, 0.1) is 12.7 Å². The molecular weight excluding hydrogens is 115 g/mol. The Labute approximate surface area is 72.5 Å². The molecular formula is C5H11NaO2. The van der Waals surface area contributed by atoms with Crippen LogP contribution in [0.5, 0.6) is 0 Å². The van der Waals surface area contributed by atoms with Crippen molar-refractivity contribution < 1.29 is 39.4 Å². The molecule has 0 bridgehead atoms. The summed E-state index contributed by atoms with van der Waals surface area (Å²) in [6, 6.07) is 0. The molecule has 0 spiro atoms. The maximum absolute atomic E-state index is 8.60. The molecule has 8 heavy (non-hydrogen) atoms. The summed E-state index contributed by atoms with van der Waals surface area (Å²) in [6.45, 7) is 1.28. The summed E-state index contributed by atoms with van der Waals surface area (Å²) < 4.78 is 4.81. The van der Waals surface area contributed by atoms with E-state index in [0.29, 0.717) is 6.61 Å². The average Bonchev–Trinajstić information content (AvgIpc) is 1.86. The first-order valence-corrected chi connectivity index (χ1v) is 2.15. The van der Waals surface area contributed by atoms with E-state index in [9.17, 15) is 0 Å². The van der Waals surface area contributed by atoms with Crippen molar-refractivity contribution in [2.75, 3.05) is 13.2 Å². The summed E-state index contributed by atoms with van der Waals surface area (Å²) in [5, 5.41) is 8.60. The van der Waals surface area contributed by atoms with E-state index in [-0.39, 0.29) is 43.1 Å². The number of aliphatic hydroxyl groups excluding tert-OH is 1. The molecule has 0 aliphatic carbocycles. The first-order chi connectivity index (χ1) is 2.89. The second-order valence-electron chi connectivity index (χ2n) is 1.52. The van der Waals surface area contributed by atoms with Crippen molar-refractivity contribution in [3.63, 3.8) is 0 Å². The normalized spacial score (nSPS) is 25.9. The second-order valence-corrected chi connectivity index (χ2v) is 1.52. The van der Waals surface area contributed by atoms with Gasteiger partial charge < -0.3 is 17.3 Å². The van der Waals surface area contributed by atoms with E-state index in [4.69, 9.17) is 9.84 Å². The smallest absolute Gasteiger partial charge is 0.391 e. The third kappa shape index (κ3) is 3.87. The Morgan fingerprint density at radius 2 is 2.12 bits per heavy atom. The third-order valence-corrected chi connectivity index (χ3v) is 0.906. The standard InChI is InChI=1S/C4H8O2.CH3.Na/c5-4-1-2-6-3-4;;/h4-5H,1-3H2;1H3;/q;-1;+1. The van der Waals surface area contributed by atoms with E-state index < -0.39 is 0 Å². The van der Waals surface area contributed by atoms with Gasteiger partial charge in [-0.05, 0) is 6.42 Å². The van der Waals surface area contributed by atoms with E-state index in [1.54, 1.807) is 0 Å². The van der Waals surface area contributed by atoms with Crippen molar-refractivity contribution in [2.45, 2.75) is 12.5 Å². The maximum Gasteiger partial charge on any atom is 1.00 e. The number of rotatable bonds is 0. The predicted molar refractivity (Wildman–Crippen MR) is 27.9 cm³/mol. The Bertz CT molecular complexity index is 43.7. The first-order valence-electron chi connectivity index (χ1n) is 2.15. The van der Waals surface area contributed by atoms with Gasteiger partial charge in [0, 0.05) is 6.61 Å². The Hall–Kier alpha value is 0.920. The van der Waals surface area contributed by atoms with Crippen LogP contribution >= 0.6 is 0 Å². The van der Waals surface area contributed by atoms with Gasteiger partial charge in [0.1, 0.15) is 0 Å². The van der Waals surface area contributed by atoms with E-state index in [1.807, 2.05) is 0 Å². The molecule has 0 amide bonds. The van der Waals surface area contributed by atoms with E-state index >= 15 is 0 Å². The zero-order valence-corrected chi connectivity index (χ0v) is 7.55. The van der Waals surface area contributed by atoms with Crippen LogP contribution in [0.1, 0.15) is 6.42 Å². The molecule has 1 N–H and O–H groups in total. The fourth-order valence-corrected chi connectivity index (χ4v) is 0.522. The summed E-state index contributed by atoms with van der Waals surface area (Å²) in [7, 11) is 0. The summed E-state index contributed by atoms with van der Waals surface area (Å²) in [5.41, 5.74) is 0. The Balaban J connectivity index is 0. The Morgan fingerprint density at radius 1 is 1.50 bits per heavy atom. The summed E-state index contributed by atoms with van der Waals surface area (Å²) in [5.74, 6) is 0. The summed E-state index contributed by atoms with van der Waals surface area (Å²) in [6.07, 6.45) is 0.644. The second kappa shape index (κ2) is 6.05. The number of hydrogen-bond donors (Lipinski definition) is 1. The van der Waals surface area contributed by atoms with Gasteiger partial charge in [-0.15, -0.1) is 0 Å². The SMILES string of the molecule is OC1CCOC1.[CH3-].[Na+]. The van der Waals surface area contributed by atoms with E-state index in [2.05, 4.69) is 0 Å². The molecule has 1 aliphatic heterocycles. The molecule has 1 heterocycles. The Kier molecular flexibility index (Phi) is 8.83. The van der Waals surface area contributed by atoms with Crippen molar-refractivity contribution >= 4 is 0 Å². The van der Waals surface area contributed by atoms with Gasteiger partial charge in [0.15, 0.2) is 0 Å². The quantitative estimate of drug-likeness (QED) is 0.281. The van der Waals surface area contributed by atoms with Gasteiger partial charge >= 0.3 is 29.6 Å². The minimum absolute atomic E-state index is 0. The zero-order valence-electron chi connectivity index (χ0n) is 5.55. The first kappa shape index (κ1) is 11.7. The molecule has 1 rings (SSSR count). The predicted octanol–water partition coefficient (Wildman–Crippen LogP) is -2.78. The number of hydrogen-bond acceptors (Lipinski definition) is 2. The van der Waals surface area contributed by atoms with Gasteiger partial charge in [-0.1, -0.05) is 0 Å². The molecule has 2 nitrogen and oxygen atoms in total. The topological polar surface area (TPSA) is 29.5 Å². The fraction of sp³-hybridized carbons (Fsp3) is 0.800. The molecule has 0 aromatic heterocycles. The van der Waals surface area contributed by atoms with Crippen LogP contribution in [0, 0.1) is 7.43 Å². The van der Waals surface area contributed by atoms with Crippen LogP contribution in [-0.4, -0.2) is 24.4 Å². The van der Waals surface area contributed by atoms with Crippen LogP contribution in [0.25, 0.3) is 0 Å². The van der Waals surface area contributed by atoms with E-state index in [0.717, 1.165) is 13.0 Å². The van der Waals surface area contributed by atoms with Gasteiger partial charge in [0.25, 0.3) is 0 Å². The van der Waals surface area contributed by atoms with Crippen molar-refractivity contribution in [3.8, 4) is 0 Å². The molecule has 1 aliphatic rings. The van der Waals surface area contributed by atoms with Crippen molar-refractivity contribution in [2.24, 2.45) is 0 Å².